The summed E-state index contributed by atoms with van der Waals surface area (Å²) in [6, 6.07) is 2.98. The van der Waals surface area contributed by atoms with Gasteiger partial charge >= 0.3 is 0 Å². The summed E-state index contributed by atoms with van der Waals surface area (Å²) < 4.78 is -0.246. The lowest BCUT2D eigenvalue weighted by molar-refractivity contribution is -0.135. The van der Waals surface area contributed by atoms with Gasteiger partial charge in [-0.25, -0.2) is 0 Å². The Morgan fingerprint density at radius 2 is 1.68 bits per heavy atom. The molecule has 2 rings (SSSR count). The number of piperidine rings is 1. The molecule has 0 radical (unpaired) electrons. The van der Waals surface area contributed by atoms with Gasteiger partial charge in [0.05, 0.1) is 6.04 Å². The number of aromatic amines is 1. The quantitative estimate of drug-likeness (QED) is 0.522. The molecule has 10 heteroatoms. The number of nitrogens with one attached hydrogen (secondary N) is 1. The van der Waals surface area contributed by atoms with Gasteiger partial charge in [0.15, 0.2) is 0 Å². The summed E-state index contributed by atoms with van der Waals surface area (Å²) in [6.07, 6.45) is 6.69. The normalized spacial score (nSPS) is 15.0. The molecule has 9 nitrogen and oxygen atoms in total. The van der Waals surface area contributed by atoms with Gasteiger partial charge in [0, 0.05) is 43.9 Å². The van der Waals surface area contributed by atoms with Crippen LogP contribution in [-0.2, 0) is 20.8 Å². The lowest BCUT2D eigenvalue weighted by Crippen LogP contribution is -2.54. The third-order valence-corrected chi connectivity index (χ3v) is 6.15. The number of thioether (sulfide) groups is 1. The van der Waals surface area contributed by atoms with Crippen LogP contribution in [0.4, 0.5) is 0 Å². The number of pyridine rings is 1. The maximum Gasteiger partial charge on any atom is 0.300 e. The van der Waals surface area contributed by atoms with E-state index in [2.05, 4.69) is 4.98 Å². The van der Waals surface area contributed by atoms with E-state index in [0.29, 0.717) is 5.92 Å². The van der Waals surface area contributed by atoms with Crippen molar-refractivity contribution < 1.29 is 24.6 Å². The van der Waals surface area contributed by atoms with Crippen molar-refractivity contribution in [2.45, 2.75) is 57.7 Å². The van der Waals surface area contributed by atoms with Crippen LogP contribution in [0.15, 0.2) is 23.1 Å². The minimum Gasteiger partial charge on any atom is -0.481 e. The Kier molecular flexibility index (Phi) is 12.8. The Hall–Kier alpha value is -2.33. The van der Waals surface area contributed by atoms with Gasteiger partial charge in [0.25, 0.3) is 11.9 Å². The van der Waals surface area contributed by atoms with Crippen molar-refractivity contribution in [3.05, 3.63) is 34.2 Å². The van der Waals surface area contributed by atoms with E-state index in [1.165, 1.54) is 0 Å². The summed E-state index contributed by atoms with van der Waals surface area (Å²) in [6.45, 7) is 7.74. The number of hydrogen-bond acceptors (Lipinski definition) is 6. The lowest BCUT2D eigenvalue weighted by atomic mass is 9.90. The van der Waals surface area contributed by atoms with E-state index in [4.69, 9.17) is 25.5 Å². The van der Waals surface area contributed by atoms with E-state index in [1.54, 1.807) is 24.0 Å². The second-order valence-corrected chi connectivity index (χ2v) is 9.32. The molecule has 0 saturated carbocycles. The van der Waals surface area contributed by atoms with Gasteiger partial charge in [-0.15, -0.1) is 0 Å². The number of aliphatic carboxylic acids is 2. The highest BCUT2D eigenvalue weighted by atomic mass is 32.2. The Morgan fingerprint density at radius 3 is 2.06 bits per heavy atom. The van der Waals surface area contributed by atoms with Gasteiger partial charge < -0.3 is 25.8 Å². The summed E-state index contributed by atoms with van der Waals surface area (Å²) in [5.74, 6) is -1.05. The fourth-order valence-electron chi connectivity index (χ4n) is 2.88. The third kappa shape index (κ3) is 12.2. The number of nitrogens with two attached hydrogens (primary N) is 1. The van der Waals surface area contributed by atoms with Crippen LogP contribution >= 0.6 is 11.8 Å². The van der Waals surface area contributed by atoms with Crippen LogP contribution in [0.2, 0.25) is 0 Å². The summed E-state index contributed by atoms with van der Waals surface area (Å²) in [7, 11) is 0. The smallest absolute Gasteiger partial charge is 0.300 e. The molecule has 1 aromatic rings. The molecule has 2 heterocycles. The first-order valence-corrected chi connectivity index (χ1v) is 11.2. The summed E-state index contributed by atoms with van der Waals surface area (Å²) in [4.78, 5) is 46.3. The molecular formula is C21H35N3O6S. The molecule has 0 bridgehead atoms. The summed E-state index contributed by atoms with van der Waals surface area (Å²) in [5, 5.41) is 14.8. The number of carbonyl (C=O) groups excluding carboxylic acids is 1. The number of nitrogens with zero attached hydrogens (tertiary/aromatic N) is 1. The molecule has 1 amide bonds. The molecule has 1 aromatic heterocycles. The molecule has 1 atom stereocenters. The minimum atomic E-state index is -0.833. The van der Waals surface area contributed by atoms with Gasteiger partial charge in [-0.2, -0.15) is 11.8 Å². The van der Waals surface area contributed by atoms with E-state index in [1.807, 2.05) is 31.1 Å². The van der Waals surface area contributed by atoms with E-state index < -0.39 is 18.0 Å². The van der Waals surface area contributed by atoms with Crippen LogP contribution in [0.5, 0.6) is 0 Å². The van der Waals surface area contributed by atoms with E-state index in [0.717, 1.165) is 51.8 Å². The monoisotopic (exact) mass is 457 g/mol. The highest BCUT2D eigenvalue weighted by Gasteiger charge is 2.35. The van der Waals surface area contributed by atoms with E-state index >= 15 is 0 Å². The van der Waals surface area contributed by atoms with E-state index in [9.17, 15) is 9.59 Å². The van der Waals surface area contributed by atoms with Gasteiger partial charge in [0.2, 0.25) is 11.5 Å². The largest absolute Gasteiger partial charge is 0.481 e. The highest BCUT2D eigenvalue weighted by Crippen LogP contribution is 2.27. The molecule has 1 saturated heterocycles. The zero-order valence-corrected chi connectivity index (χ0v) is 19.7. The molecule has 176 valence electrons. The predicted molar refractivity (Wildman–Crippen MR) is 122 cm³/mol. The summed E-state index contributed by atoms with van der Waals surface area (Å²) in [5.41, 5.74) is 7.24. The number of H-pyrrole nitrogens is 1. The number of rotatable bonds is 5. The third-order valence-electron chi connectivity index (χ3n) is 4.84. The molecule has 5 N–H and O–H groups in total. The average Bonchev–Trinajstić information content (AvgIpc) is 2.68. The van der Waals surface area contributed by atoms with Crippen LogP contribution in [0.25, 0.3) is 0 Å². The minimum absolute atomic E-state index is 0.0619. The number of carboxylic acids is 2. The highest BCUT2D eigenvalue weighted by molar-refractivity contribution is 8.00. The molecule has 0 aliphatic carbocycles. The van der Waals surface area contributed by atoms with Gasteiger partial charge in [-0.05, 0) is 50.8 Å². The number of aromatic nitrogens is 1. The van der Waals surface area contributed by atoms with Gasteiger partial charge in [-0.3, -0.25) is 19.2 Å². The molecule has 0 spiro atoms. The number of likely N-dealkylation sites (tertiary alicyclic amines) is 1. The van der Waals surface area contributed by atoms with Crippen LogP contribution < -0.4 is 11.3 Å². The summed E-state index contributed by atoms with van der Waals surface area (Å²) >= 11 is 1.63. The van der Waals surface area contributed by atoms with Crippen molar-refractivity contribution in [3.8, 4) is 0 Å². The molecule has 0 unspecified atom stereocenters. The van der Waals surface area contributed by atoms with Gasteiger partial charge in [0.1, 0.15) is 0 Å². The first-order chi connectivity index (χ1) is 14.3. The van der Waals surface area contributed by atoms with Crippen molar-refractivity contribution in [1.29, 1.82) is 0 Å². The van der Waals surface area contributed by atoms with Crippen LogP contribution in [0, 0.1) is 5.92 Å². The fraction of sp³-hybridized carbons (Fsp3) is 0.619. The number of hydrogen-bond donors (Lipinski definition) is 4. The lowest BCUT2D eigenvalue weighted by Gasteiger charge is -2.37. The zero-order valence-electron chi connectivity index (χ0n) is 18.9. The zero-order chi connectivity index (χ0) is 24.2. The van der Waals surface area contributed by atoms with Crippen molar-refractivity contribution in [1.82, 2.24) is 9.88 Å². The topological polar surface area (TPSA) is 154 Å². The van der Waals surface area contributed by atoms with Crippen LogP contribution in [0.1, 0.15) is 46.1 Å². The van der Waals surface area contributed by atoms with Crippen molar-refractivity contribution >= 4 is 29.6 Å². The second-order valence-electron chi connectivity index (χ2n) is 7.86. The van der Waals surface area contributed by atoms with E-state index in [-0.39, 0.29) is 16.2 Å². The molecule has 1 aliphatic rings. The molecule has 1 fully saturated rings. The Bertz CT molecular complexity index is 732. The molecule has 1 aliphatic heterocycles. The van der Waals surface area contributed by atoms with Crippen molar-refractivity contribution in [3.63, 3.8) is 0 Å². The fourth-order valence-corrected chi connectivity index (χ4v) is 3.24. The van der Waals surface area contributed by atoms with Crippen molar-refractivity contribution in [2.24, 2.45) is 11.7 Å². The van der Waals surface area contributed by atoms with Crippen LogP contribution in [-0.4, -0.2) is 68.1 Å². The Morgan fingerprint density at radius 1 is 1.19 bits per heavy atom. The number of amides is 1. The average molecular weight is 458 g/mol. The molecule has 0 aromatic carbocycles. The Balaban J connectivity index is 0.000000967. The van der Waals surface area contributed by atoms with Gasteiger partial charge in [-0.1, -0.05) is 6.07 Å². The Labute approximate surface area is 187 Å². The number of carbonyl (C=O) groups is 3. The number of carboxylic acid groups (broad SMARTS) is 2. The predicted octanol–water partition coefficient (Wildman–Crippen LogP) is 1.81. The first kappa shape index (κ1) is 28.7. The standard InChI is InChI=1S/C17H27N3O2S.2C2H4O2/c1-17(2,23-3)15(18)16(22)20-8-6-12(7-9-20)10-13-4-5-14(21)19-11-13;2*1-2(3)4/h4-5,11-12,15H,6-10,18H2,1-3H3,(H,19,21);2*1H3,(H,3,4)/t15-;;/m1../s1. The van der Waals surface area contributed by atoms with Crippen LogP contribution in [0.3, 0.4) is 0 Å². The SMILES string of the molecule is CC(=O)O.CC(=O)O.CSC(C)(C)[C@H](N)C(=O)N1CCC(Cc2ccc(=O)[nH]c2)CC1. The molecule has 31 heavy (non-hydrogen) atoms. The maximum absolute atomic E-state index is 12.6. The maximum atomic E-state index is 12.6. The van der Waals surface area contributed by atoms with Crippen molar-refractivity contribution in [2.75, 3.05) is 19.3 Å². The first-order valence-electron chi connectivity index (χ1n) is 9.96. The molecular weight excluding hydrogens is 422 g/mol. The second kappa shape index (κ2) is 13.9.